The number of ether oxygens (including phenoxy) is 2. The number of pyridine rings is 1. The average Bonchev–Trinajstić information content (AvgIpc) is 4.41. The Labute approximate surface area is 500 Å². The first kappa shape index (κ1) is 60.2. The zero-order valence-electron chi connectivity index (χ0n) is 45.9. The van der Waals surface area contributed by atoms with Crippen LogP contribution in [0.15, 0.2) is 64.0 Å². The first-order chi connectivity index (χ1) is 39.7. The van der Waals surface area contributed by atoms with Gasteiger partial charge < -0.3 is 46.9 Å². The zero-order chi connectivity index (χ0) is 59.1. The second kappa shape index (κ2) is 26.5. The summed E-state index contributed by atoms with van der Waals surface area (Å²) in [5.74, 6) is -2.85. The molecule has 434 valence electrons. The number of carbonyl (C=O) groups is 6. The van der Waals surface area contributed by atoms with Crippen LogP contribution in [0.4, 0.5) is 10.6 Å². The van der Waals surface area contributed by atoms with Gasteiger partial charge in [-0.1, -0.05) is 44.2 Å². The van der Waals surface area contributed by atoms with E-state index in [2.05, 4.69) is 36.9 Å². The van der Waals surface area contributed by atoms with Crippen LogP contribution in [0, 0.1) is 12.8 Å². The smallest absolute Gasteiger partial charge is 0.412 e. The Bertz CT molecular complexity index is 3660. The van der Waals surface area contributed by atoms with Crippen molar-refractivity contribution in [1.29, 1.82) is 0 Å². The molecule has 0 saturated heterocycles. The number of amides is 6. The molecule has 0 saturated carbocycles. The Balaban J connectivity index is 1.10. The fourth-order valence-electron chi connectivity index (χ4n) is 8.47. The van der Waals surface area contributed by atoms with E-state index in [0.29, 0.717) is 86.5 Å². The number of carbonyl (C=O) groups excluding carboxylic acids is 6. The Morgan fingerprint density at radius 2 is 1.46 bits per heavy atom. The molecule has 8 aromatic rings. The molecule has 7 aromatic heterocycles. The lowest BCUT2D eigenvalue weighted by molar-refractivity contribution is -0.122. The molecular weight excluding hydrogens is 1180 g/mol. The summed E-state index contributed by atoms with van der Waals surface area (Å²) in [7, 11) is 2.95. The maximum Gasteiger partial charge on any atom is 0.412 e. The van der Waals surface area contributed by atoms with Gasteiger partial charge in [0, 0.05) is 51.7 Å². The molecule has 0 fully saturated rings. The quantitative estimate of drug-likeness (QED) is 0.0502. The van der Waals surface area contributed by atoms with Crippen molar-refractivity contribution in [2.45, 2.75) is 90.3 Å². The number of anilines is 1. The SMILES string of the molecule is CNC(=O)C[C@@H]1NC(=O)c2csc(n2)-c2ccc(-c3nc(NC(=O)OCCCC(C)(C)N)cs3)nc2-c2csc(n2)-c2csc(n2)[C@H]([C@@H](O)c2ccccc2)NC(=O)CNC(=O)c2nc(sc2COC)[C@H](C(C)C)NC(=O)c2nc1sc2C. The van der Waals surface area contributed by atoms with Gasteiger partial charge in [-0.25, -0.2) is 39.7 Å². The number of methoxy groups -OCH3 is 1. The highest BCUT2D eigenvalue weighted by Crippen LogP contribution is 2.40. The fourth-order valence-corrected chi connectivity index (χ4v) is 14.0. The van der Waals surface area contributed by atoms with Crippen molar-refractivity contribution >= 4 is 109 Å². The maximum atomic E-state index is 14.3. The summed E-state index contributed by atoms with van der Waals surface area (Å²) in [6, 6.07) is 9.54. The van der Waals surface area contributed by atoms with Crippen LogP contribution in [0.1, 0.15) is 133 Å². The number of nitrogens with one attached hydrogen (secondary N) is 6. The Morgan fingerprint density at radius 3 is 2.20 bits per heavy atom. The third-order valence-electron chi connectivity index (χ3n) is 12.7. The first-order valence-electron chi connectivity index (χ1n) is 25.9. The minimum Gasteiger partial charge on any atom is -0.449 e. The highest BCUT2D eigenvalue weighted by atomic mass is 32.1. The molecule has 1 aliphatic rings. The zero-order valence-corrected chi connectivity index (χ0v) is 50.7. The molecule has 83 heavy (non-hydrogen) atoms. The number of aliphatic hydroxyl groups excluding tert-OH is 1. The minimum atomic E-state index is -1.27. The molecule has 0 aliphatic carbocycles. The number of hydrogen-bond acceptors (Lipinski definition) is 23. The van der Waals surface area contributed by atoms with Crippen LogP contribution in [0.3, 0.4) is 0 Å². The monoisotopic (exact) mass is 1240 g/mol. The van der Waals surface area contributed by atoms with Crippen LogP contribution < -0.4 is 37.6 Å². The van der Waals surface area contributed by atoms with Crippen LogP contribution in [-0.2, 0) is 25.7 Å². The van der Waals surface area contributed by atoms with E-state index in [9.17, 15) is 33.9 Å². The van der Waals surface area contributed by atoms with E-state index in [4.69, 9.17) is 45.1 Å². The second-order valence-electron chi connectivity index (χ2n) is 20.0. The number of rotatable bonds is 13. The highest BCUT2D eigenvalue weighted by Gasteiger charge is 2.33. The van der Waals surface area contributed by atoms with Crippen molar-refractivity contribution in [3.8, 4) is 43.4 Å². The van der Waals surface area contributed by atoms with Crippen molar-refractivity contribution in [1.82, 2.24) is 61.5 Å². The van der Waals surface area contributed by atoms with Crippen LogP contribution in [0.25, 0.3) is 43.4 Å². The molecule has 0 unspecified atom stereocenters. The average molecular weight is 1240 g/mol. The standard InChI is InChI=1S/C54H58N14O9S6/c1-25(2)38-52-68-41(34(83-52)20-76-7)45(73)57-19-37(70)65-42(43(71)27-12-9-8-10-13-27)51-62-33(23-80-51)49-60-31(21-79-49)40-28(14-15-29(58-40)48-63-35(24-81-48)64-53(75)77-17-11-16-54(4,5)55)47-61-32(22-78-47)44(72)59-30(18-36(69)56-6)50-67-39(26(3)82-50)46(74)66-38/h8-10,12-15,21-25,30,38,42-43,71H,11,16-20,55H2,1-7H3,(H,56,69)(H,57,73)(H,59,72)(H,64,75)(H,65,70)(H,66,74)/t30-,38-,42-,43-/m0/s1. The molecule has 0 spiro atoms. The van der Waals surface area contributed by atoms with E-state index in [1.165, 1.54) is 70.8 Å². The molecular formula is C54H58N14O9S6. The topological polar surface area (TPSA) is 330 Å². The number of nitrogens with zero attached hydrogens (tertiary/aromatic N) is 7. The van der Waals surface area contributed by atoms with E-state index >= 15 is 0 Å². The van der Waals surface area contributed by atoms with Gasteiger partial charge >= 0.3 is 6.09 Å². The highest BCUT2D eigenvalue weighted by molar-refractivity contribution is 7.15. The number of thiazole rings is 6. The van der Waals surface area contributed by atoms with Gasteiger partial charge in [0.1, 0.15) is 82.2 Å². The van der Waals surface area contributed by atoms with Gasteiger partial charge in [-0.3, -0.25) is 29.3 Å². The molecule has 23 nitrogen and oxygen atoms in total. The summed E-state index contributed by atoms with van der Waals surface area (Å²) in [5.41, 5.74) is 8.44. The summed E-state index contributed by atoms with van der Waals surface area (Å²) >= 11 is 7.20. The minimum absolute atomic E-state index is 0.000977. The molecule has 0 radical (unpaired) electrons. The van der Waals surface area contributed by atoms with Gasteiger partial charge in [0.05, 0.1) is 48.8 Å². The largest absolute Gasteiger partial charge is 0.449 e. The number of aryl methyl sites for hydroxylation is 1. The Morgan fingerprint density at radius 1 is 0.747 bits per heavy atom. The predicted molar refractivity (Wildman–Crippen MR) is 319 cm³/mol. The molecule has 10 bridgehead atoms. The molecule has 8 heterocycles. The summed E-state index contributed by atoms with van der Waals surface area (Å²) in [5, 5.41) is 37.9. The van der Waals surface area contributed by atoms with E-state index in [1.807, 2.05) is 27.7 Å². The summed E-state index contributed by atoms with van der Waals surface area (Å²) in [6.07, 6.45) is -0.906. The molecule has 29 heteroatoms. The molecule has 1 aromatic carbocycles. The van der Waals surface area contributed by atoms with Gasteiger partial charge in [0.2, 0.25) is 11.8 Å². The van der Waals surface area contributed by atoms with Gasteiger partial charge in [-0.15, -0.1) is 68.0 Å². The molecule has 9 N–H and O–H groups in total. The van der Waals surface area contributed by atoms with E-state index < -0.39 is 71.9 Å². The summed E-state index contributed by atoms with van der Waals surface area (Å²) in [6.45, 7) is 8.96. The number of hydrogen-bond donors (Lipinski definition) is 8. The van der Waals surface area contributed by atoms with Crippen LogP contribution in [0.5, 0.6) is 0 Å². The lowest BCUT2D eigenvalue weighted by Gasteiger charge is -2.23. The van der Waals surface area contributed by atoms with Crippen LogP contribution in [0.2, 0.25) is 0 Å². The van der Waals surface area contributed by atoms with Gasteiger partial charge in [-0.05, 0) is 57.2 Å². The maximum absolute atomic E-state index is 14.3. The fraction of sp³-hybridized carbons (Fsp3) is 0.352. The number of nitrogens with two attached hydrogens (primary N) is 1. The van der Waals surface area contributed by atoms with Gasteiger partial charge in [0.25, 0.3) is 17.7 Å². The Kier molecular flexibility index (Phi) is 19.2. The number of benzene rings is 1. The van der Waals surface area contributed by atoms with Crippen molar-refractivity contribution in [2.24, 2.45) is 11.7 Å². The normalized spacial score (nSPS) is 16.5. The van der Waals surface area contributed by atoms with Crippen LogP contribution in [-0.4, -0.2) is 108 Å². The molecule has 1 aliphatic heterocycles. The predicted octanol–water partition coefficient (Wildman–Crippen LogP) is 8.38. The summed E-state index contributed by atoms with van der Waals surface area (Å²) in [4.78, 5) is 117. The Hall–Kier alpha value is -7.35. The first-order valence-corrected chi connectivity index (χ1v) is 31.1. The second-order valence-corrected chi connectivity index (χ2v) is 25.8. The van der Waals surface area contributed by atoms with Gasteiger partial charge in [-0.2, -0.15) is 0 Å². The van der Waals surface area contributed by atoms with E-state index in [1.54, 1.807) is 70.9 Å². The number of aromatic nitrogens is 7. The van der Waals surface area contributed by atoms with E-state index in [0.717, 1.165) is 11.3 Å². The van der Waals surface area contributed by atoms with Crippen LogP contribution >= 0.6 is 68.0 Å². The summed E-state index contributed by atoms with van der Waals surface area (Å²) < 4.78 is 10.8. The lowest BCUT2D eigenvalue weighted by atomic mass is 10.0. The lowest BCUT2D eigenvalue weighted by Crippen LogP contribution is -2.40. The van der Waals surface area contributed by atoms with Crippen molar-refractivity contribution < 1.29 is 43.3 Å². The van der Waals surface area contributed by atoms with Gasteiger partial charge in [0.15, 0.2) is 0 Å². The third-order valence-corrected chi connectivity index (χ3v) is 18.4. The number of aliphatic hydroxyl groups is 1. The van der Waals surface area contributed by atoms with Crippen molar-refractivity contribution in [3.05, 3.63) is 111 Å². The molecule has 6 amide bonds. The van der Waals surface area contributed by atoms with Crippen molar-refractivity contribution in [3.63, 3.8) is 0 Å². The third kappa shape index (κ3) is 14.7. The van der Waals surface area contributed by atoms with E-state index in [-0.39, 0.29) is 48.5 Å². The molecule has 9 rings (SSSR count). The van der Waals surface area contributed by atoms with Crippen molar-refractivity contribution in [2.75, 3.05) is 32.6 Å². The number of fused-ring (bicyclic) bond motifs is 14. The molecule has 4 atom stereocenters.